The molecule has 0 radical (unpaired) electrons. The molecule has 5 nitrogen and oxygen atoms in total. The minimum Gasteiger partial charge on any atom is -0.469 e. The van der Waals surface area contributed by atoms with Crippen LogP contribution in [0.1, 0.15) is 19.4 Å². The molecule has 0 saturated carbocycles. The highest BCUT2D eigenvalue weighted by Crippen LogP contribution is 2.30. The van der Waals surface area contributed by atoms with Gasteiger partial charge in [0, 0.05) is 6.54 Å². The van der Waals surface area contributed by atoms with Gasteiger partial charge in [0.25, 0.3) is 0 Å². The molecular formula is C17H23NO4S. The van der Waals surface area contributed by atoms with Gasteiger partial charge < -0.3 is 4.74 Å². The van der Waals surface area contributed by atoms with Crippen LogP contribution in [0.25, 0.3) is 0 Å². The van der Waals surface area contributed by atoms with E-state index >= 15 is 0 Å². The number of nitrogens with zero attached hydrogens (tertiary/aromatic N) is 1. The first-order valence-corrected chi connectivity index (χ1v) is 9.06. The van der Waals surface area contributed by atoms with E-state index in [1.807, 2.05) is 20.8 Å². The van der Waals surface area contributed by atoms with Crippen LogP contribution in [-0.4, -0.2) is 38.4 Å². The fourth-order valence-corrected chi connectivity index (χ4v) is 4.42. The highest BCUT2D eigenvalue weighted by molar-refractivity contribution is 7.89. The van der Waals surface area contributed by atoms with E-state index in [0.29, 0.717) is 0 Å². The SMILES string of the molecule is COC(=O)[C@H](C(C)C)[C@H]1C=CCN1S(=O)(=O)c1ccc(C)cc1. The topological polar surface area (TPSA) is 63.7 Å². The maximum absolute atomic E-state index is 12.9. The van der Waals surface area contributed by atoms with E-state index in [-0.39, 0.29) is 23.3 Å². The molecule has 0 bridgehead atoms. The molecule has 1 aromatic carbocycles. The first kappa shape index (κ1) is 17.7. The average Bonchev–Trinajstić information content (AvgIpc) is 2.97. The summed E-state index contributed by atoms with van der Waals surface area (Å²) in [6.07, 6.45) is 3.57. The zero-order chi connectivity index (χ0) is 17.2. The third-order valence-corrected chi connectivity index (χ3v) is 6.02. The quantitative estimate of drug-likeness (QED) is 0.611. The number of methoxy groups -OCH3 is 1. The first-order valence-electron chi connectivity index (χ1n) is 7.62. The predicted molar refractivity (Wildman–Crippen MR) is 88.3 cm³/mol. The van der Waals surface area contributed by atoms with Gasteiger partial charge in [-0.05, 0) is 25.0 Å². The number of esters is 1. The highest BCUT2D eigenvalue weighted by atomic mass is 32.2. The maximum Gasteiger partial charge on any atom is 0.310 e. The monoisotopic (exact) mass is 337 g/mol. The first-order chi connectivity index (χ1) is 10.8. The highest BCUT2D eigenvalue weighted by Gasteiger charge is 2.41. The van der Waals surface area contributed by atoms with E-state index in [1.165, 1.54) is 11.4 Å². The Balaban J connectivity index is 2.38. The van der Waals surface area contributed by atoms with Crippen LogP contribution in [-0.2, 0) is 19.6 Å². The molecule has 1 aliphatic heterocycles. The van der Waals surface area contributed by atoms with Crippen molar-refractivity contribution in [2.45, 2.75) is 31.7 Å². The summed E-state index contributed by atoms with van der Waals surface area (Å²) in [6, 6.07) is 6.22. The standard InChI is InChI=1S/C17H23NO4S/c1-12(2)16(17(19)22-4)15-6-5-11-18(15)23(20,21)14-9-7-13(3)8-10-14/h5-10,12,15-16H,11H2,1-4H3/t15-,16-/m1/s1. The summed E-state index contributed by atoms with van der Waals surface area (Å²) in [4.78, 5) is 12.4. The van der Waals surface area contributed by atoms with Gasteiger partial charge in [-0.2, -0.15) is 4.31 Å². The van der Waals surface area contributed by atoms with E-state index in [1.54, 1.807) is 36.4 Å². The molecule has 2 rings (SSSR count). The van der Waals surface area contributed by atoms with Crippen molar-refractivity contribution in [3.05, 3.63) is 42.0 Å². The van der Waals surface area contributed by atoms with Gasteiger partial charge in [0.05, 0.1) is 24.0 Å². The summed E-state index contributed by atoms with van der Waals surface area (Å²) in [5, 5.41) is 0. The van der Waals surface area contributed by atoms with E-state index < -0.39 is 22.0 Å². The largest absolute Gasteiger partial charge is 0.469 e. The molecule has 1 aromatic rings. The summed E-state index contributed by atoms with van der Waals surface area (Å²) < 4.78 is 32.1. The van der Waals surface area contributed by atoms with Crippen LogP contribution in [0, 0.1) is 18.8 Å². The fraction of sp³-hybridized carbons (Fsp3) is 0.471. The number of aryl methyl sites for hydroxylation is 1. The molecule has 0 fully saturated rings. The lowest BCUT2D eigenvalue weighted by atomic mass is 9.89. The van der Waals surface area contributed by atoms with Crippen molar-refractivity contribution in [2.24, 2.45) is 11.8 Å². The summed E-state index contributed by atoms with van der Waals surface area (Å²) in [7, 11) is -2.33. The van der Waals surface area contributed by atoms with Crippen molar-refractivity contribution in [1.29, 1.82) is 0 Å². The van der Waals surface area contributed by atoms with E-state index in [4.69, 9.17) is 4.74 Å². The van der Waals surface area contributed by atoms with Crippen LogP contribution in [0.4, 0.5) is 0 Å². The molecule has 0 aliphatic carbocycles. The number of carbonyl (C=O) groups excluding carboxylic acids is 1. The Hall–Kier alpha value is -1.66. The Kier molecular flexibility index (Phi) is 5.26. The molecule has 6 heteroatoms. The lowest BCUT2D eigenvalue weighted by Crippen LogP contribution is -2.45. The zero-order valence-corrected chi connectivity index (χ0v) is 14.7. The second-order valence-corrected chi connectivity index (χ2v) is 7.99. The Morgan fingerprint density at radius 2 is 1.87 bits per heavy atom. The molecule has 0 spiro atoms. The summed E-state index contributed by atoms with van der Waals surface area (Å²) >= 11 is 0. The number of hydrogen-bond acceptors (Lipinski definition) is 4. The molecule has 0 aromatic heterocycles. The van der Waals surface area contributed by atoms with Crippen molar-refractivity contribution in [3.8, 4) is 0 Å². The smallest absolute Gasteiger partial charge is 0.310 e. The Morgan fingerprint density at radius 3 is 2.39 bits per heavy atom. The van der Waals surface area contributed by atoms with E-state index in [2.05, 4.69) is 0 Å². The van der Waals surface area contributed by atoms with Gasteiger partial charge in [-0.15, -0.1) is 0 Å². The molecular weight excluding hydrogens is 314 g/mol. The van der Waals surface area contributed by atoms with Crippen molar-refractivity contribution >= 4 is 16.0 Å². The van der Waals surface area contributed by atoms with Crippen molar-refractivity contribution in [3.63, 3.8) is 0 Å². The van der Waals surface area contributed by atoms with Crippen LogP contribution in [0.5, 0.6) is 0 Å². The summed E-state index contributed by atoms with van der Waals surface area (Å²) in [5.41, 5.74) is 0.995. The molecule has 1 aliphatic rings. The zero-order valence-electron chi connectivity index (χ0n) is 13.9. The van der Waals surface area contributed by atoms with Gasteiger partial charge in [-0.25, -0.2) is 8.42 Å². The minimum atomic E-state index is -3.66. The lowest BCUT2D eigenvalue weighted by molar-refractivity contribution is -0.148. The van der Waals surface area contributed by atoms with Crippen molar-refractivity contribution in [2.75, 3.05) is 13.7 Å². The molecule has 23 heavy (non-hydrogen) atoms. The Labute approximate surface area is 138 Å². The van der Waals surface area contributed by atoms with Gasteiger partial charge >= 0.3 is 5.97 Å². The van der Waals surface area contributed by atoms with Crippen LogP contribution in [0.3, 0.4) is 0 Å². The maximum atomic E-state index is 12.9. The predicted octanol–water partition coefficient (Wildman–Crippen LogP) is 2.37. The Bertz CT molecular complexity index is 692. The van der Waals surface area contributed by atoms with Crippen LogP contribution >= 0.6 is 0 Å². The van der Waals surface area contributed by atoms with Gasteiger partial charge in [-0.3, -0.25) is 4.79 Å². The molecule has 0 amide bonds. The second kappa shape index (κ2) is 6.84. The second-order valence-electron chi connectivity index (χ2n) is 6.10. The molecule has 2 atom stereocenters. The molecule has 0 unspecified atom stereocenters. The van der Waals surface area contributed by atoms with Crippen molar-refractivity contribution in [1.82, 2.24) is 4.31 Å². The molecule has 0 N–H and O–H groups in total. The van der Waals surface area contributed by atoms with Gasteiger partial charge in [0.1, 0.15) is 0 Å². The summed E-state index contributed by atoms with van der Waals surface area (Å²) in [6.45, 7) is 5.96. The molecule has 126 valence electrons. The number of sulfonamides is 1. The average molecular weight is 337 g/mol. The number of rotatable bonds is 5. The lowest BCUT2D eigenvalue weighted by Gasteiger charge is -2.31. The Morgan fingerprint density at radius 1 is 1.26 bits per heavy atom. The third-order valence-electron chi connectivity index (χ3n) is 4.14. The van der Waals surface area contributed by atoms with Crippen molar-refractivity contribution < 1.29 is 17.9 Å². The molecule has 1 heterocycles. The van der Waals surface area contributed by atoms with Gasteiger partial charge in [-0.1, -0.05) is 43.7 Å². The van der Waals surface area contributed by atoms with E-state index in [9.17, 15) is 13.2 Å². The normalized spacial score (nSPS) is 20.0. The fourth-order valence-electron chi connectivity index (χ4n) is 2.87. The van der Waals surface area contributed by atoms with Crippen LogP contribution < -0.4 is 0 Å². The summed E-state index contributed by atoms with van der Waals surface area (Å²) in [5.74, 6) is -0.953. The number of hydrogen-bond donors (Lipinski definition) is 0. The number of benzene rings is 1. The molecule has 0 saturated heterocycles. The van der Waals surface area contributed by atoms with Crippen LogP contribution in [0.15, 0.2) is 41.3 Å². The number of ether oxygens (including phenoxy) is 1. The van der Waals surface area contributed by atoms with Gasteiger partial charge in [0.2, 0.25) is 10.0 Å². The van der Waals surface area contributed by atoms with Gasteiger partial charge in [0.15, 0.2) is 0 Å². The minimum absolute atomic E-state index is 0.0362. The third kappa shape index (κ3) is 3.48. The van der Waals surface area contributed by atoms with Crippen LogP contribution in [0.2, 0.25) is 0 Å². The van der Waals surface area contributed by atoms with E-state index in [0.717, 1.165) is 5.56 Å². The number of carbonyl (C=O) groups is 1.